The van der Waals surface area contributed by atoms with E-state index < -0.39 is 0 Å². The molecule has 0 aromatic heterocycles. The van der Waals surface area contributed by atoms with Crippen molar-refractivity contribution in [2.75, 3.05) is 5.75 Å². The van der Waals surface area contributed by atoms with Gasteiger partial charge in [-0.05, 0) is 36.3 Å². The summed E-state index contributed by atoms with van der Waals surface area (Å²) in [7, 11) is 0. The van der Waals surface area contributed by atoms with Gasteiger partial charge in [0.1, 0.15) is 5.82 Å². The maximum Gasteiger partial charge on any atom is 0.268 e. The van der Waals surface area contributed by atoms with Crippen LogP contribution in [0.3, 0.4) is 0 Å². The molecule has 1 heterocycles. The zero-order chi connectivity index (χ0) is 17.8. The first-order chi connectivity index (χ1) is 12.1. The van der Waals surface area contributed by atoms with Crippen LogP contribution in [0.5, 0.6) is 0 Å². The van der Waals surface area contributed by atoms with Crippen LogP contribution < -0.4 is 0 Å². The molecule has 1 aliphatic heterocycles. The number of imide groups is 1. The molecular weight excluding hydrogens is 337 g/mol. The Kier molecular flexibility index (Phi) is 5.94. The molecule has 1 saturated carbocycles. The van der Waals surface area contributed by atoms with Crippen LogP contribution >= 0.6 is 11.8 Å². The lowest BCUT2D eigenvalue weighted by Gasteiger charge is -2.28. The van der Waals surface area contributed by atoms with Gasteiger partial charge < -0.3 is 0 Å². The second kappa shape index (κ2) is 8.17. The van der Waals surface area contributed by atoms with Gasteiger partial charge in [-0.1, -0.05) is 51.2 Å². The highest BCUT2D eigenvalue weighted by atomic mass is 32.2. The SMILES string of the molecule is CCSC1=C(c2ccc(F)cc2)C(=O)N(C2CCCCCCC2)C1=O. The molecule has 0 N–H and O–H groups in total. The van der Waals surface area contributed by atoms with Gasteiger partial charge in [0.05, 0.1) is 10.5 Å². The lowest BCUT2D eigenvalue weighted by atomic mass is 9.95. The topological polar surface area (TPSA) is 37.4 Å². The van der Waals surface area contributed by atoms with Crippen LogP contribution in [0, 0.1) is 5.82 Å². The zero-order valence-electron chi connectivity index (χ0n) is 14.6. The lowest BCUT2D eigenvalue weighted by molar-refractivity contribution is -0.139. The second-order valence-corrected chi connectivity index (χ2v) is 7.90. The molecule has 1 aromatic rings. The number of thioether (sulfide) groups is 1. The van der Waals surface area contributed by atoms with E-state index in [9.17, 15) is 14.0 Å². The number of carbonyl (C=O) groups is 2. The van der Waals surface area contributed by atoms with Gasteiger partial charge in [-0.25, -0.2) is 4.39 Å². The van der Waals surface area contributed by atoms with Crippen molar-refractivity contribution in [3.63, 3.8) is 0 Å². The maximum atomic E-state index is 13.3. The van der Waals surface area contributed by atoms with Crippen LogP contribution in [0.15, 0.2) is 29.2 Å². The van der Waals surface area contributed by atoms with E-state index >= 15 is 0 Å². The molecule has 2 aliphatic rings. The van der Waals surface area contributed by atoms with Crippen molar-refractivity contribution >= 4 is 29.1 Å². The molecule has 1 aliphatic carbocycles. The Morgan fingerprint density at radius 1 is 1.00 bits per heavy atom. The Bertz CT molecular complexity index is 675. The standard InChI is InChI=1S/C20H24FNO2S/c1-2-25-18-17(14-10-12-15(21)13-11-14)19(23)22(20(18)24)16-8-6-4-3-5-7-9-16/h10-13,16H,2-9H2,1H3. The van der Waals surface area contributed by atoms with E-state index in [-0.39, 0.29) is 23.7 Å². The lowest BCUT2D eigenvalue weighted by Crippen LogP contribution is -2.41. The van der Waals surface area contributed by atoms with Crippen LogP contribution in [-0.4, -0.2) is 28.5 Å². The minimum absolute atomic E-state index is 0.00861. The Morgan fingerprint density at radius 2 is 1.60 bits per heavy atom. The van der Waals surface area contributed by atoms with E-state index in [1.54, 1.807) is 12.1 Å². The summed E-state index contributed by atoms with van der Waals surface area (Å²) in [5, 5.41) is 0. The molecule has 1 aromatic carbocycles. The van der Waals surface area contributed by atoms with Gasteiger partial charge in [-0.15, -0.1) is 11.8 Å². The third kappa shape index (κ3) is 3.81. The molecule has 3 nitrogen and oxygen atoms in total. The summed E-state index contributed by atoms with van der Waals surface area (Å²) >= 11 is 1.41. The molecule has 0 spiro atoms. The first-order valence-electron chi connectivity index (χ1n) is 9.14. The van der Waals surface area contributed by atoms with E-state index in [1.807, 2.05) is 6.92 Å². The first-order valence-corrected chi connectivity index (χ1v) is 10.1. The predicted octanol–water partition coefficient (Wildman–Crippen LogP) is 4.77. The average molecular weight is 361 g/mol. The third-order valence-electron chi connectivity index (χ3n) is 4.93. The Hall–Kier alpha value is -1.62. The van der Waals surface area contributed by atoms with Crippen LogP contribution in [0.4, 0.5) is 4.39 Å². The van der Waals surface area contributed by atoms with Crippen molar-refractivity contribution in [2.45, 2.75) is 57.9 Å². The van der Waals surface area contributed by atoms with Crippen LogP contribution in [0.2, 0.25) is 0 Å². The monoisotopic (exact) mass is 361 g/mol. The summed E-state index contributed by atoms with van der Waals surface area (Å²) in [5.41, 5.74) is 1.07. The summed E-state index contributed by atoms with van der Waals surface area (Å²) < 4.78 is 13.3. The molecule has 3 rings (SSSR count). The summed E-state index contributed by atoms with van der Waals surface area (Å²) in [4.78, 5) is 28.1. The maximum absolute atomic E-state index is 13.3. The van der Waals surface area contributed by atoms with E-state index in [2.05, 4.69) is 0 Å². The van der Waals surface area contributed by atoms with Crippen molar-refractivity contribution in [1.29, 1.82) is 0 Å². The summed E-state index contributed by atoms with van der Waals surface area (Å²) in [6, 6.07) is 5.85. The minimum atomic E-state index is -0.345. The van der Waals surface area contributed by atoms with Crippen LogP contribution in [0.1, 0.15) is 57.4 Å². The number of hydrogen-bond donors (Lipinski definition) is 0. The first kappa shape index (κ1) is 18.2. The molecule has 5 heteroatoms. The van der Waals surface area contributed by atoms with Gasteiger partial charge in [0.2, 0.25) is 0 Å². The molecule has 134 valence electrons. The number of nitrogens with zero attached hydrogens (tertiary/aromatic N) is 1. The molecule has 1 fully saturated rings. The average Bonchev–Trinajstić information content (AvgIpc) is 2.80. The molecule has 0 saturated heterocycles. The smallest absolute Gasteiger partial charge is 0.268 e. The molecule has 0 atom stereocenters. The van der Waals surface area contributed by atoms with E-state index in [0.717, 1.165) is 31.4 Å². The van der Waals surface area contributed by atoms with Crippen molar-refractivity contribution in [3.8, 4) is 0 Å². The normalized spacial score (nSPS) is 20.2. The van der Waals surface area contributed by atoms with Crippen molar-refractivity contribution in [3.05, 3.63) is 40.6 Å². The minimum Gasteiger partial charge on any atom is -0.271 e. The van der Waals surface area contributed by atoms with Crippen molar-refractivity contribution < 1.29 is 14.0 Å². The molecule has 25 heavy (non-hydrogen) atoms. The quantitative estimate of drug-likeness (QED) is 0.725. The highest BCUT2D eigenvalue weighted by Crippen LogP contribution is 2.38. The fraction of sp³-hybridized carbons (Fsp3) is 0.500. The molecule has 2 amide bonds. The Morgan fingerprint density at radius 3 is 2.20 bits per heavy atom. The summed E-state index contributed by atoms with van der Waals surface area (Å²) in [6.07, 6.45) is 7.47. The molecule has 0 unspecified atom stereocenters. The van der Waals surface area contributed by atoms with Gasteiger partial charge >= 0.3 is 0 Å². The van der Waals surface area contributed by atoms with Gasteiger partial charge in [-0.3, -0.25) is 14.5 Å². The van der Waals surface area contributed by atoms with Crippen LogP contribution in [-0.2, 0) is 9.59 Å². The number of rotatable bonds is 4. The summed E-state index contributed by atoms with van der Waals surface area (Å²) in [5.74, 6) is -0.0000450. The van der Waals surface area contributed by atoms with E-state index in [4.69, 9.17) is 0 Å². The predicted molar refractivity (Wildman–Crippen MR) is 99.4 cm³/mol. The van der Waals surface area contributed by atoms with Crippen molar-refractivity contribution in [2.24, 2.45) is 0 Å². The van der Waals surface area contributed by atoms with Gasteiger partial charge in [0, 0.05) is 6.04 Å². The zero-order valence-corrected chi connectivity index (χ0v) is 15.4. The Labute approximate surface area is 152 Å². The number of halogens is 1. The van der Waals surface area contributed by atoms with E-state index in [1.165, 1.54) is 48.1 Å². The second-order valence-electron chi connectivity index (χ2n) is 6.62. The number of benzene rings is 1. The van der Waals surface area contributed by atoms with Gasteiger partial charge in [-0.2, -0.15) is 0 Å². The molecule has 0 bridgehead atoms. The summed E-state index contributed by atoms with van der Waals surface area (Å²) in [6.45, 7) is 1.97. The van der Waals surface area contributed by atoms with E-state index in [0.29, 0.717) is 16.0 Å². The van der Waals surface area contributed by atoms with Gasteiger partial charge in [0.25, 0.3) is 11.8 Å². The number of amides is 2. The van der Waals surface area contributed by atoms with Crippen LogP contribution in [0.25, 0.3) is 5.57 Å². The number of carbonyl (C=O) groups excluding carboxylic acids is 2. The largest absolute Gasteiger partial charge is 0.271 e. The highest BCUT2D eigenvalue weighted by molar-refractivity contribution is 8.04. The third-order valence-corrected chi connectivity index (χ3v) is 5.89. The number of hydrogen-bond acceptors (Lipinski definition) is 3. The highest BCUT2D eigenvalue weighted by Gasteiger charge is 2.42. The molecular formula is C20H24FNO2S. The fourth-order valence-corrected chi connectivity index (χ4v) is 4.56. The Balaban J connectivity index is 1.93. The molecule has 0 radical (unpaired) electrons. The van der Waals surface area contributed by atoms with Crippen molar-refractivity contribution in [1.82, 2.24) is 4.90 Å². The fourth-order valence-electron chi connectivity index (χ4n) is 3.70. The van der Waals surface area contributed by atoms with Gasteiger partial charge in [0.15, 0.2) is 0 Å².